The van der Waals surface area contributed by atoms with Gasteiger partial charge in [0.25, 0.3) is 0 Å². The first-order valence-electron chi connectivity index (χ1n) is 6.22. The topological polar surface area (TPSA) is 58.6 Å². The zero-order valence-electron chi connectivity index (χ0n) is 11.4. The van der Waals surface area contributed by atoms with Crippen molar-refractivity contribution in [1.29, 1.82) is 0 Å². The van der Waals surface area contributed by atoms with Crippen molar-refractivity contribution >= 4 is 12.0 Å². The van der Waals surface area contributed by atoms with Gasteiger partial charge in [0.1, 0.15) is 6.10 Å². The molecule has 1 rings (SSSR count). The second-order valence-corrected chi connectivity index (χ2v) is 5.53. The van der Waals surface area contributed by atoms with Crippen molar-refractivity contribution < 1.29 is 14.3 Å². The fraction of sp³-hybridized carbons (Fsp3) is 0.692. The van der Waals surface area contributed by atoms with E-state index in [2.05, 4.69) is 11.9 Å². The molecule has 2 amide bonds. The number of alkyl carbamates (subject to hydrolysis) is 1. The quantitative estimate of drug-likeness (QED) is 0.763. The predicted octanol–water partition coefficient (Wildman–Crippen LogP) is 1.69. The van der Waals surface area contributed by atoms with E-state index in [0.29, 0.717) is 13.1 Å². The van der Waals surface area contributed by atoms with Crippen LogP contribution in [0, 0.1) is 0 Å². The van der Waals surface area contributed by atoms with Crippen molar-refractivity contribution in [2.24, 2.45) is 0 Å². The van der Waals surface area contributed by atoms with Gasteiger partial charge in [-0.05, 0) is 39.7 Å². The van der Waals surface area contributed by atoms with Crippen LogP contribution in [-0.2, 0) is 9.53 Å². The Hall–Kier alpha value is -1.52. The minimum atomic E-state index is -0.430. The molecule has 0 unspecified atom stereocenters. The maximum Gasteiger partial charge on any atom is 0.407 e. The molecular formula is C13H22N2O3. The number of carbonyl (C=O) groups is 2. The highest BCUT2D eigenvalue weighted by molar-refractivity contribution is 5.87. The Bertz CT molecular complexity index is 334. The van der Waals surface area contributed by atoms with Crippen LogP contribution in [0.5, 0.6) is 0 Å². The van der Waals surface area contributed by atoms with Gasteiger partial charge < -0.3 is 15.0 Å². The molecular weight excluding hydrogens is 232 g/mol. The van der Waals surface area contributed by atoms with Crippen LogP contribution in [0.15, 0.2) is 12.7 Å². The summed E-state index contributed by atoms with van der Waals surface area (Å²) in [6, 6.07) is 0. The molecule has 0 aromatic carbocycles. The van der Waals surface area contributed by atoms with Crippen molar-refractivity contribution in [3.63, 3.8) is 0 Å². The van der Waals surface area contributed by atoms with E-state index >= 15 is 0 Å². The maximum absolute atomic E-state index is 11.6. The van der Waals surface area contributed by atoms with E-state index in [1.807, 2.05) is 20.8 Å². The average molecular weight is 254 g/mol. The van der Waals surface area contributed by atoms with Gasteiger partial charge in [-0.2, -0.15) is 0 Å². The first-order chi connectivity index (χ1) is 8.31. The lowest BCUT2D eigenvalue weighted by Crippen LogP contribution is -2.47. The largest absolute Gasteiger partial charge is 0.444 e. The van der Waals surface area contributed by atoms with Gasteiger partial charge in [0, 0.05) is 12.1 Å². The van der Waals surface area contributed by atoms with Gasteiger partial charge in [0.2, 0.25) is 5.91 Å². The zero-order valence-corrected chi connectivity index (χ0v) is 11.4. The lowest BCUT2D eigenvalue weighted by Gasteiger charge is -2.32. The molecule has 1 fully saturated rings. The van der Waals surface area contributed by atoms with E-state index in [-0.39, 0.29) is 17.6 Å². The van der Waals surface area contributed by atoms with E-state index in [9.17, 15) is 9.59 Å². The summed E-state index contributed by atoms with van der Waals surface area (Å²) in [5, 5.41) is 2.74. The number of hydrogen-bond donors (Lipinski definition) is 1. The summed E-state index contributed by atoms with van der Waals surface area (Å²) in [4.78, 5) is 24.8. The maximum atomic E-state index is 11.6. The molecule has 1 heterocycles. The van der Waals surface area contributed by atoms with Crippen LogP contribution in [0.4, 0.5) is 4.79 Å². The summed E-state index contributed by atoms with van der Waals surface area (Å²) in [6.07, 6.45) is 2.26. The molecule has 0 saturated carbocycles. The van der Waals surface area contributed by atoms with E-state index in [1.165, 1.54) is 6.08 Å². The monoisotopic (exact) mass is 254 g/mol. The fourth-order valence-corrected chi connectivity index (χ4v) is 1.85. The van der Waals surface area contributed by atoms with Gasteiger partial charge in [0.05, 0.1) is 6.54 Å². The summed E-state index contributed by atoms with van der Waals surface area (Å²) in [5.74, 6) is -0.112. The third-order valence-corrected chi connectivity index (χ3v) is 2.62. The Kier molecular flexibility index (Phi) is 4.76. The molecule has 0 aromatic heterocycles. The summed E-state index contributed by atoms with van der Waals surface area (Å²) in [6.45, 7) is 10.3. The molecule has 1 aliphatic rings. The number of likely N-dealkylation sites (tertiary alicyclic amines) is 1. The Morgan fingerprint density at radius 2 is 2.11 bits per heavy atom. The molecule has 5 heteroatoms. The van der Waals surface area contributed by atoms with E-state index < -0.39 is 6.09 Å². The van der Waals surface area contributed by atoms with Gasteiger partial charge in [0.15, 0.2) is 0 Å². The standard InChI is InChI=1S/C13H22N2O3/c1-5-11(16)15-8-6-7-10(9-15)18-12(17)14-13(2,3)4/h5,10H,1,6-9H2,2-4H3,(H,14,17)/t10-/m1/s1. The molecule has 0 aliphatic carbocycles. The van der Waals surface area contributed by atoms with Crippen LogP contribution >= 0.6 is 0 Å². The molecule has 0 aromatic rings. The molecule has 1 aliphatic heterocycles. The Balaban J connectivity index is 2.45. The smallest absolute Gasteiger partial charge is 0.407 e. The van der Waals surface area contributed by atoms with Crippen LogP contribution in [0.2, 0.25) is 0 Å². The third kappa shape index (κ3) is 4.77. The minimum absolute atomic E-state index is 0.112. The number of nitrogens with one attached hydrogen (secondary N) is 1. The summed E-state index contributed by atoms with van der Waals surface area (Å²) in [7, 11) is 0. The minimum Gasteiger partial charge on any atom is -0.444 e. The highest BCUT2D eigenvalue weighted by atomic mass is 16.6. The van der Waals surface area contributed by atoms with Crippen molar-refractivity contribution in [3.8, 4) is 0 Å². The molecule has 1 atom stereocenters. The molecule has 1 N–H and O–H groups in total. The van der Waals surface area contributed by atoms with E-state index in [1.54, 1.807) is 4.90 Å². The van der Waals surface area contributed by atoms with Crippen LogP contribution in [-0.4, -0.2) is 41.6 Å². The number of ether oxygens (including phenoxy) is 1. The Labute approximate surface area is 108 Å². The highest BCUT2D eigenvalue weighted by Crippen LogP contribution is 2.14. The number of carbonyl (C=O) groups excluding carboxylic acids is 2. The molecule has 0 bridgehead atoms. The normalized spacial score (nSPS) is 20.2. The first-order valence-corrected chi connectivity index (χ1v) is 6.22. The molecule has 5 nitrogen and oxygen atoms in total. The van der Waals surface area contributed by atoms with E-state index in [4.69, 9.17) is 4.74 Å². The van der Waals surface area contributed by atoms with Crippen molar-refractivity contribution in [2.45, 2.75) is 45.3 Å². The van der Waals surface area contributed by atoms with Gasteiger partial charge >= 0.3 is 6.09 Å². The van der Waals surface area contributed by atoms with Crippen LogP contribution in [0.3, 0.4) is 0 Å². The van der Waals surface area contributed by atoms with Crippen molar-refractivity contribution in [3.05, 3.63) is 12.7 Å². The van der Waals surface area contributed by atoms with Crippen LogP contribution < -0.4 is 5.32 Å². The average Bonchev–Trinajstić information content (AvgIpc) is 2.25. The Morgan fingerprint density at radius 1 is 1.44 bits per heavy atom. The summed E-state index contributed by atoms with van der Waals surface area (Å²) >= 11 is 0. The zero-order chi connectivity index (χ0) is 13.8. The molecule has 102 valence electrons. The summed E-state index contributed by atoms with van der Waals surface area (Å²) < 4.78 is 5.31. The summed E-state index contributed by atoms with van der Waals surface area (Å²) in [5.41, 5.74) is -0.317. The number of hydrogen-bond acceptors (Lipinski definition) is 3. The lowest BCUT2D eigenvalue weighted by molar-refractivity contribution is -0.129. The van der Waals surface area contributed by atoms with Crippen molar-refractivity contribution in [2.75, 3.05) is 13.1 Å². The molecule has 0 radical (unpaired) electrons. The highest BCUT2D eigenvalue weighted by Gasteiger charge is 2.26. The molecule has 18 heavy (non-hydrogen) atoms. The predicted molar refractivity (Wildman–Crippen MR) is 69.2 cm³/mol. The Morgan fingerprint density at radius 3 is 2.67 bits per heavy atom. The SMILES string of the molecule is C=CC(=O)N1CCC[C@@H](OC(=O)NC(C)(C)C)C1. The fourth-order valence-electron chi connectivity index (χ4n) is 1.85. The van der Waals surface area contributed by atoms with Crippen molar-refractivity contribution in [1.82, 2.24) is 10.2 Å². The first kappa shape index (κ1) is 14.5. The van der Waals surface area contributed by atoms with E-state index in [0.717, 1.165) is 12.8 Å². The van der Waals surface area contributed by atoms with Crippen LogP contribution in [0.25, 0.3) is 0 Å². The van der Waals surface area contributed by atoms with Gasteiger partial charge in [-0.1, -0.05) is 6.58 Å². The number of piperidine rings is 1. The second-order valence-electron chi connectivity index (χ2n) is 5.53. The van der Waals surface area contributed by atoms with Crippen LogP contribution in [0.1, 0.15) is 33.6 Å². The number of nitrogens with zero attached hydrogens (tertiary/aromatic N) is 1. The van der Waals surface area contributed by atoms with Gasteiger partial charge in [-0.25, -0.2) is 4.79 Å². The second kappa shape index (κ2) is 5.89. The molecule has 0 spiro atoms. The van der Waals surface area contributed by atoms with Gasteiger partial charge in [-0.15, -0.1) is 0 Å². The number of rotatable bonds is 2. The molecule has 1 saturated heterocycles. The lowest BCUT2D eigenvalue weighted by atomic mass is 10.1. The third-order valence-electron chi connectivity index (χ3n) is 2.62. The van der Waals surface area contributed by atoms with Gasteiger partial charge in [-0.3, -0.25) is 4.79 Å². The number of amides is 2.